The molecule has 0 bridgehead atoms. The van der Waals surface area contributed by atoms with Gasteiger partial charge in [0.1, 0.15) is 0 Å². The van der Waals surface area contributed by atoms with Crippen molar-refractivity contribution in [3.05, 3.63) is 35.7 Å². The van der Waals surface area contributed by atoms with Gasteiger partial charge in [-0.3, -0.25) is 0 Å². The number of hydrogen-bond donors (Lipinski definition) is 0. The van der Waals surface area contributed by atoms with Gasteiger partial charge in [0.15, 0.2) is 0 Å². The van der Waals surface area contributed by atoms with E-state index < -0.39 is 0 Å². The van der Waals surface area contributed by atoms with E-state index in [1.54, 1.807) is 11.8 Å². The first-order valence-corrected chi connectivity index (χ1v) is 7.76. The minimum Gasteiger partial charge on any atom is -0.250 e. The number of aromatic nitrogens is 6. The first-order valence-electron chi connectivity index (χ1n) is 6.78. The number of tetrazole rings is 1. The summed E-state index contributed by atoms with van der Waals surface area (Å²) in [7, 11) is 0. The summed E-state index contributed by atoms with van der Waals surface area (Å²) in [6.07, 6.45) is 0. The van der Waals surface area contributed by atoms with Crippen molar-refractivity contribution >= 4 is 22.8 Å². The Hall–Kier alpha value is -2.02. The molecule has 21 heavy (non-hydrogen) atoms. The largest absolute Gasteiger partial charge is 0.250 e. The van der Waals surface area contributed by atoms with Crippen molar-refractivity contribution in [3.8, 4) is 0 Å². The SMILES string of the molecule is Cc1nc2ccccc2nc1CSc1nnnn1C(C)C. The molecular weight excluding hydrogens is 284 g/mol. The number of para-hydroxylation sites is 2. The van der Waals surface area contributed by atoms with Gasteiger partial charge in [0.25, 0.3) is 0 Å². The van der Waals surface area contributed by atoms with Crippen LogP contribution in [0.4, 0.5) is 0 Å². The second kappa shape index (κ2) is 5.77. The van der Waals surface area contributed by atoms with Crippen molar-refractivity contribution in [2.45, 2.75) is 37.7 Å². The minimum atomic E-state index is 0.242. The van der Waals surface area contributed by atoms with Gasteiger partial charge in [-0.15, -0.1) is 5.10 Å². The molecule has 1 aromatic carbocycles. The predicted molar refractivity (Wildman–Crippen MR) is 82.0 cm³/mol. The summed E-state index contributed by atoms with van der Waals surface area (Å²) in [5.74, 6) is 0.705. The molecule has 2 aromatic heterocycles. The molecule has 0 radical (unpaired) electrons. The summed E-state index contributed by atoms with van der Waals surface area (Å²) < 4.78 is 1.81. The standard InChI is InChI=1S/C14H16N6S/c1-9(2)20-14(17-18-19-20)21-8-13-10(3)15-11-6-4-5-7-12(11)16-13/h4-7,9H,8H2,1-3H3. The van der Waals surface area contributed by atoms with Crippen molar-refractivity contribution in [1.29, 1.82) is 0 Å². The van der Waals surface area contributed by atoms with Gasteiger partial charge in [0.2, 0.25) is 5.16 Å². The molecule has 0 unspecified atom stereocenters. The first kappa shape index (κ1) is 13.9. The van der Waals surface area contributed by atoms with Gasteiger partial charge in [-0.1, -0.05) is 23.9 Å². The molecule has 0 N–H and O–H groups in total. The maximum absolute atomic E-state index is 4.69. The third-order valence-electron chi connectivity index (χ3n) is 3.13. The monoisotopic (exact) mass is 300 g/mol. The van der Waals surface area contributed by atoms with Crippen LogP contribution < -0.4 is 0 Å². The molecule has 108 valence electrons. The van der Waals surface area contributed by atoms with Crippen LogP contribution in [0.25, 0.3) is 11.0 Å². The Morgan fingerprint density at radius 1 is 1.14 bits per heavy atom. The van der Waals surface area contributed by atoms with Crippen LogP contribution in [0.1, 0.15) is 31.3 Å². The lowest BCUT2D eigenvalue weighted by Crippen LogP contribution is -2.05. The zero-order valence-corrected chi connectivity index (χ0v) is 13.0. The molecule has 0 saturated carbocycles. The van der Waals surface area contributed by atoms with Gasteiger partial charge >= 0.3 is 0 Å². The first-order chi connectivity index (χ1) is 10.1. The lowest BCUT2D eigenvalue weighted by Gasteiger charge is -2.08. The number of thioether (sulfide) groups is 1. The highest BCUT2D eigenvalue weighted by molar-refractivity contribution is 7.98. The predicted octanol–water partition coefficient (Wildman–Crippen LogP) is 2.80. The third-order valence-corrected chi connectivity index (χ3v) is 4.08. The van der Waals surface area contributed by atoms with E-state index in [0.29, 0.717) is 5.75 Å². The van der Waals surface area contributed by atoms with E-state index in [1.165, 1.54) is 0 Å². The molecule has 0 spiro atoms. The lowest BCUT2D eigenvalue weighted by atomic mass is 10.2. The fourth-order valence-electron chi connectivity index (χ4n) is 2.00. The number of nitrogens with zero attached hydrogens (tertiary/aromatic N) is 6. The highest BCUT2D eigenvalue weighted by atomic mass is 32.2. The Kier molecular flexibility index (Phi) is 3.83. The Bertz CT molecular complexity index is 767. The Morgan fingerprint density at radius 2 is 1.86 bits per heavy atom. The van der Waals surface area contributed by atoms with Crippen molar-refractivity contribution in [2.75, 3.05) is 0 Å². The maximum Gasteiger partial charge on any atom is 0.209 e. The minimum absolute atomic E-state index is 0.242. The van der Waals surface area contributed by atoms with Crippen molar-refractivity contribution < 1.29 is 0 Å². The van der Waals surface area contributed by atoms with Crippen LogP contribution in [0.5, 0.6) is 0 Å². The number of fused-ring (bicyclic) bond motifs is 1. The van der Waals surface area contributed by atoms with E-state index in [4.69, 9.17) is 0 Å². The van der Waals surface area contributed by atoms with Gasteiger partial charge in [0, 0.05) is 5.75 Å². The molecule has 7 heteroatoms. The smallest absolute Gasteiger partial charge is 0.209 e. The van der Waals surface area contributed by atoms with Gasteiger partial charge < -0.3 is 0 Å². The summed E-state index contributed by atoms with van der Waals surface area (Å²) in [6.45, 7) is 6.10. The molecule has 0 aliphatic heterocycles. The van der Waals surface area contributed by atoms with Crippen LogP contribution >= 0.6 is 11.8 Å². The van der Waals surface area contributed by atoms with Gasteiger partial charge in [-0.25, -0.2) is 14.6 Å². The average molecular weight is 300 g/mol. The van der Waals surface area contributed by atoms with Crippen LogP contribution in [0.3, 0.4) is 0 Å². The second-order valence-electron chi connectivity index (χ2n) is 5.03. The highest BCUT2D eigenvalue weighted by Crippen LogP contribution is 2.23. The molecule has 0 saturated heterocycles. The van der Waals surface area contributed by atoms with Crippen LogP contribution in [-0.2, 0) is 5.75 Å². The zero-order chi connectivity index (χ0) is 14.8. The normalized spacial score (nSPS) is 11.4. The molecule has 2 heterocycles. The summed E-state index contributed by atoms with van der Waals surface area (Å²) in [4.78, 5) is 9.29. The van der Waals surface area contributed by atoms with E-state index in [1.807, 2.05) is 35.9 Å². The van der Waals surface area contributed by atoms with E-state index in [9.17, 15) is 0 Å². The van der Waals surface area contributed by atoms with Gasteiger partial charge in [0.05, 0.1) is 28.5 Å². The van der Waals surface area contributed by atoms with Crippen LogP contribution in [-0.4, -0.2) is 30.2 Å². The molecule has 0 amide bonds. The third kappa shape index (κ3) is 2.87. The average Bonchev–Trinajstić information content (AvgIpc) is 2.93. The van der Waals surface area contributed by atoms with Crippen molar-refractivity contribution in [3.63, 3.8) is 0 Å². The fraction of sp³-hybridized carbons (Fsp3) is 0.357. The molecular formula is C14H16N6S. The van der Waals surface area contributed by atoms with E-state index >= 15 is 0 Å². The van der Waals surface area contributed by atoms with Gasteiger partial charge in [-0.2, -0.15) is 0 Å². The lowest BCUT2D eigenvalue weighted by molar-refractivity contribution is 0.477. The van der Waals surface area contributed by atoms with Gasteiger partial charge in [-0.05, 0) is 43.3 Å². The van der Waals surface area contributed by atoms with E-state index in [2.05, 4.69) is 39.3 Å². The van der Waals surface area contributed by atoms with Crippen LogP contribution in [0.2, 0.25) is 0 Å². The Labute approximate surface area is 127 Å². The Balaban J connectivity index is 1.85. The highest BCUT2D eigenvalue weighted by Gasteiger charge is 2.12. The molecule has 0 atom stereocenters. The molecule has 0 aliphatic carbocycles. The van der Waals surface area contributed by atoms with Crippen LogP contribution in [0, 0.1) is 6.92 Å². The number of benzene rings is 1. The maximum atomic E-state index is 4.69. The summed E-state index contributed by atoms with van der Waals surface area (Å²) in [5.41, 5.74) is 3.76. The van der Waals surface area contributed by atoms with Crippen molar-refractivity contribution in [2.24, 2.45) is 0 Å². The second-order valence-corrected chi connectivity index (χ2v) is 5.98. The Morgan fingerprint density at radius 3 is 2.57 bits per heavy atom. The molecule has 6 nitrogen and oxygen atoms in total. The molecule has 0 aliphatic rings. The topological polar surface area (TPSA) is 69.4 Å². The van der Waals surface area contributed by atoms with E-state index in [-0.39, 0.29) is 6.04 Å². The fourth-order valence-corrected chi connectivity index (χ4v) is 3.01. The number of aryl methyl sites for hydroxylation is 1. The summed E-state index contributed by atoms with van der Waals surface area (Å²) in [6, 6.07) is 8.15. The number of rotatable bonds is 4. The summed E-state index contributed by atoms with van der Waals surface area (Å²) in [5, 5.41) is 12.6. The zero-order valence-electron chi connectivity index (χ0n) is 12.2. The van der Waals surface area contributed by atoms with Crippen LogP contribution in [0.15, 0.2) is 29.4 Å². The number of hydrogen-bond acceptors (Lipinski definition) is 6. The molecule has 3 rings (SSSR count). The molecule has 3 aromatic rings. The van der Waals surface area contributed by atoms with Crippen molar-refractivity contribution in [1.82, 2.24) is 30.2 Å². The van der Waals surface area contributed by atoms with E-state index in [0.717, 1.165) is 27.6 Å². The quantitative estimate of drug-likeness (QED) is 0.690. The molecule has 0 fully saturated rings. The summed E-state index contributed by atoms with van der Waals surface area (Å²) >= 11 is 1.58.